The molecule has 0 aliphatic rings. The summed E-state index contributed by atoms with van der Waals surface area (Å²) in [4.78, 5) is 10.8. The van der Waals surface area contributed by atoms with Gasteiger partial charge >= 0.3 is 5.97 Å². The van der Waals surface area contributed by atoms with Crippen LogP contribution in [0.15, 0.2) is 28.9 Å². The normalized spacial score (nSPS) is 10.3. The minimum atomic E-state index is -1.15. The Bertz CT molecular complexity index is 550. The topological polar surface area (TPSA) is 83.6 Å². The highest BCUT2D eigenvalue weighted by molar-refractivity contribution is 6.33. The van der Waals surface area contributed by atoms with E-state index in [4.69, 9.17) is 26.3 Å². The minimum Gasteiger partial charge on any atom is -0.508 e. The fraction of sp³-hybridized carbons (Fsp3) is 0. The van der Waals surface area contributed by atoms with E-state index in [-0.39, 0.29) is 22.1 Å². The second kappa shape index (κ2) is 3.86. The van der Waals surface area contributed by atoms with Crippen molar-refractivity contribution >= 4 is 17.6 Å². The van der Waals surface area contributed by atoms with Crippen LogP contribution in [0.4, 0.5) is 0 Å². The second-order valence-corrected chi connectivity index (χ2v) is 3.45. The van der Waals surface area contributed by atoms with Gasteiger partial charge in [0.15, 0.2) is 5.76 Å². The van der Waals surface area contributed by atoms with Crippen LogP contribution >= 0.6 is 11.6 Å². The number of aromatic nitrogens is 1. The Morgan fingerprint density at radius 1 is 1.44 bits per heavy atom. The van der Waals surface area contributed by atoms with Gasteiger partial charge in [-0.3, -0.25) is 0 Å². The molecule has 0 saturated heterocycles. The minimum absolute atomic E-state index is 0.00913. The first-order valence-corrected chi connectivity index (χ1v) is 4.64. The Kier molecular flexibility index (Phi) is 2.54. The zero-order valence-corrected chi connectivity index (χ0v) is 8.60. The zero-order valence-electron chi connectivity index (χ0n) is 7.85. The van der Waals surface area contributed by atoms with Gasteiger partial charge in [-0.15, -0.1) is 0 Å². The first-order chi connectivity index (χ1) is 7.59. The zero-order chi connectivity index (χ0) is 11.7. The van der Waals surface area contributed by atoms with E-state index >= 15 is 0 Å². The van der Waals surface area contributed by atoms with Crippen LogP contribution in [0, 0.1) is 0 Å². The van der Waals surface area contributed by atoms with E-state index in [9.17, 15) is 4.79 Å². The van der Waals surface area contributed by atoms with E-state index in [1.807, 2.05) is 0 Å². The summed E-state index contributed by atoms with van der Waals surface area (Å²) in [5, 5.41) is 21.6. The van der Waals surface area contributed by atoms with E-state index in [0.717, 1.165) is 6.20 Å². The van der Waals surface area contributed by atoms with E-state index in [0.29, 0.717) is 5.56 Å². The monoisotopic (exact) mass is 239 g/mol. The lowest BCUT2D eigenvalue weighted by Gasteiger charge is -2.01. The van der Waals surface area contributed by atoms with Crippen LogP contribution < -0.4 is 0 Å². The number of aromatic carboxylic acids is 1. The van der Waals surface area contributed by atoms with Crippen molar-refractivity contribution in [2.24, 2.45) is 0 Å². The van der Waals surface area contributed by atoms with Crippen LogP contribution in [-0.4, -0.2) is 21.3 Å². The van der Waals surface area contributed by atoms with Crippen molar-refractivity contribution < 1.29 is 19.5 Å². The lowest BCUT2D eigenvalue weighted by Crippen LogP contribution is -1.96. The number of benzene rings is 1. The summed E-state index contributed by atoms with van der Waals surface area (Å²) in [5.74, 6) is -1.09. The largest absolute Gasteiger partial charge is 0.508 e. The molecule has 0 bridgehead atoms. The molecule has 2 aromatic rings. The molecule has 1 aromatic carbocycles. The van der Waals surface area contributed by atoms with E-state index in [2.05, 4.69) is 5.16 Å². The van der Waals surface area contributed by atoms with Gasteiger partial charge in [0.25, 0.3) is 0 Å². The number of carboxylic acid groups (broad SMARTS) is 1. The first-order valence-electron chi connectivity index (χ1n) is 4.26. The van der Waals surface area contributed by atoms with Crippen molar-refractivity contribution in [2.75, 3.05) is 0 Å². The maximum Gasteiger partial charge on any atom is 0.341 e. The number of carboxylic acids is 1. The lowest BCUT2D eigenvalue weighted by atomic mass is 10.1. The summed E-state index contributed by atoms with van der Waals surface area (Å²) in [7, 11) is 0. The maximum absolute atomic E-state index is 10.8. The van der Waals surface area contributed by atoms with Crippen LogP contribution in [-0.2, 0) is 0 Å². The molecule has 2 N–H and O–H groups in total. The molecule has 2 rings (SSSR count). The molecular weight excluding hydrogens is 234 g/mol. The molecule has 0 amide bonds. The molecule has 0 saturated carbocycles. The molecule has 16 heavy (non-hydrogen) atoms. The second-order valence-electron chi connectivity index (χ2n) is 3.04. The summed E-state index contributed by atoms with van der Waals surface area (Å²) >= 11 is 5.86. The van der Waals surface area contributed by atoms with Gasteiger partial charge in [0.2, 0.25) is 0 Å². The number of aromatic hydroxyl groups is 1. The molecule has 0 aliphatic heterocycles. The van der Waals surface area contributed by atoms with Crippen molar-refractivity contribution in [3.8, 4) is 17.1 Å². The van der Waals surface area contributed by atoms with Gasteiger partial charge in [0, 0.05) is 5.56 Å². The third-order valence-corrected chi connectivity index (χ3v) is 2.31. The number of carbonyl (C=O) groups is 1. The summed E-state index contributed by atoms with van der Waals surface area (Å²) in [6.45, 7) is 0. The molecule has 5 nitrogen and oxygen atoms in total. The predicted octanol–water partition coefficient (Wildman–Crippen LogP) is 2.40. The third kappa shape index (κ3) is 1.72. The van der Waals surface area contributed by atoms with Crippen molar-refractivity contribution in [2.45, 2.75) is 0 Å². The highest BCUT2D eigenvalue weighted by Crippen LogP contribution is 2.32. The molecule has 0 spiro atoms. The summed E-state index contributed by atoms with van der Waals surface area (Å²) in [6.07, 6.45) is 1.10. The van der Waals surface area contributed by atoms with Gasteiger partial charge in [0.05, 0.1) is 11.2 Å². The Hall–Kier alpha value is -2.01. The predicted molar refractivity (Wildman–Crippen MR) is 55.6 cm³/mol. The first kappa shape index (κ1) is 10.5. The van der Waals surface area contributed by atoms with Gasteiger partial charge in [0.1, 0.15) is 11.3 Å². The van der Waals surface area contributed by atoms with Crippen LogP contribution in [0.5, 0.6) is 5.75 Å². The van der Waals surface area contributed by atoms with E-state index < -0.39 is 5.97 Å². The molecule has 0 aliphatic carbocycles. The molecule has 0 radical (unpaired) electrons. The van der Waals surface area contributed by atoms with Gasteiger partial charge in [-0.2, -0.15) is 0 Å². The van der Waals surface area contributed by atoms with Crippen molar-refractivity contribution in [3.63, 3.8) is 0 Å². The summed E-state index contributed by atoms with van der Waals surface area (Å²) in [5.41, 5.74) is 0.293. The highest BCUT2D eigenvalue weighted by Gasteiger charge is 2.19. The summed E-state index contributed by atoms with van der Waals surface area (Å²) in [6, 6.07) is 4.14. The Balaban J connectivity index is 2.59. The SMILES string of the molecule is O=C(O)c1cnoc1-c1ccc(O)cc1Cl. The molecule has 0 fully saturated rings. The maximum atomic E-state index is 10.8. The van der Waals surface area contributed by atoms with Gasteiger partial charge in [-0.1, -0.05) is 16.8 Å². The smallest absolute Gasteiger partial charge is 0.341 e. The number of halogens is 1. The highest BCUT2D eigenvalue weighted by atomic mass is 35.5. The standard InChI is InChI=1S/C10H6ClNO4/c11-8-3-5(13)1-2-6(8)9-7(10(14)15)4-12-16-9/h1-4,13H,(H,14,15). The van der Waals surface area contributed by atoms with Gasteiger partial charge in [-0.25, -0.2) is 4.79 Å². The fourth-order valence-corrected chi connectivity index (χ4v) is 1.53. The molecule has 1 heterocycles. The van der Waals surface area contributed by atoms with Gasteiger partial charge in [-0.05, 0) is 18.2 Å². The van der Waals surface area contributed by atoms with E-state index in [1.54, 1.807) is 0 Å². The van der Waals surface area contributed by atoms with Crippen LogP contribution in [0.3, 0.4) is 0 Å². The average molecular weight is 240 g/mol. The van der Waals surface area contributed by atoms with Crippen molar-refractivity contribution in [1.29, 1.82) is 0 Å². The lowest BCUT2D eigenvalue weighted by molar-refractivity contribution is 0.0697. The van der Waals surface area contributed by atoms with Crippen LogP contribution in [0.25, 0.3) is 11.3 Å². The number of phenols is 1. The van der Waals surface area contributed by atoms with Crippen LogP contribution in [0.1, 0.15) is 10.4 Å². The average Bonchev–Trinajstić information content (AvgIpc) is 2.66. The fourth-order valence-electron chi connectivity index (χ4n) is 1.27. The van der Waals surface area contributed by atoms with Gasteiger partial charge < -0.3 is 14.7 Å². The number of nitrogens with zero attached hydrogens (tertiary/aromatic N) is 1. The molecule has 0 unspecified atom stereocenters. The molecule has 82 valence electrons. The summed E-state index contributed by atoms with van der Waals surface area (Å²) < 4.78 is 4.84. The van der Waals surface area contributed by atoms with Crippen molar-refractivity contribution in [3.05, 3.63) is 35.0 Å². The van der Waals surface area contributed by atoms with Crippen LogP contribution in [0.2, 0.25) is 5.02 Å². The Labute approximate surface area is 94.9 Å². The molecule has 0 atom stereocenters. The molecular formula is C10H6ClNO4. The van der Waals surface area contributed by atoms with E-state index in [1.165, 1.54) is 18.2 Å². The number of rotatable bonds is 2. The Morgan fingerprint density at radius 3 is 2.81 bits per heavy atom. The number of hydrogen-bond donors (Lipinski definition) is 2. The molecule has 1 aromatic heterocycles. The number of phenolic OH excluding ortho intramolecular Hbond substituents is 1. The molecule has 6 heteroatoms. The number of hydrogen-bond acceptors (Lipinski definition) is 4. The van der Waals surface area contributed by atoms with Crippen molar-refractivity contribution in [1.82, 2.24) is 5.16 Å². The quantitative estimate of drug-likeness (QED) is 0.841. The Morgan fingerprint density at radius 2 is 2.19 bits per heavy atom. The third-order valence-electron chi connectivity index (χ3n) is 2.00.